The molecule has 1 saturated heterocycles. The quantitative estimate of drug-likeness (QED) is 0.848. The van der Waals surface area contributed by atoms with Gasteiger partial charge in [0.1, 0.15) is 0 Å². The average molecular weight is 264 g/mol. The van der Waals surface area contributed by atoms with Crippen LogP contribution in [-0.2, 0) is 11.3 Å². The second-order valence-corrected chi connectivity index (χ2v) is 4.98. The fraction of sp³-hybridized carbons (Fsp3) is 0.714. The summed E-state index contributed by atoms with van der Waals surface area (Å²) in [5, 5.41) is 3.48. The van der Waals surface area contributed by atoms with Gasteiger partial charge in [0.2, 0.25) is 5.91 Å². The van der Waals surface area contributed by atoms with Gasteiger partial charge in [-0.1, -0.05) is 0 Å². The van der Waals surface area contributed by atoms with E-state index in [1.165, 1.54) is 12.1 Å². The van der Waals surface area contributed by atoms with Gasteiger partial charge in [-0.3, -0.25) is 4.79 Å². The van der Waals surface area contributed by atoms with E-state index >= 15 is 0 Å². The Labute approximate surface area is 115 Å². The van der Waals surface area contributed by atoms with Gasteiger partial charge >= 0.3 is 0 Å². The highest BCUT2D eigenvalue weighted by molar-refractivity contribution is 5.76. The van der Waals surface area contributed by atoms with E-state index in [-0.39, 0.29) is 5.91 Å². The second kappa shape index (κ2) is 6.70. The maximum absolute atomic E-state index is 12.0. The molecule has 2 heterocycles. The zero-order valence-corrected chi connectivity index (χ0v) is 11.9. The smallest absolute Gasteiger partial charge is 0.224 e. The minimum absolute atomic E-state index is 0.226. The van der Waals surface area contributed by atoms with Crippen LogP contribution in [0.5, 0.6) is 0 Å². The monoisotopic (exact) mass is 264 g/mol. The van der Waals surface area contributed by atoms with Crippen molar-refractivity contribution in [2.24, 2.45) is 0 Å². The number of carbonyl (C=O) groups excluding carboxylic acids is 1. The first kappa shape index (κ1) is 14.1. The van der Waals surface area contributed by atoms with E-state index in [1.54, 1.807) is 0 Å². The summed E-state index contributed by atoms with van der Waals surface area (Å²) in [5.74, 6) is 0.226. The number of aromatic nitrogens is 2. The van der Waals surface area contributed by atoms with E-state index in [2.05, 4.69) is 14.9 Å². The molecule has 0 unspecified atom stereocenters. The number of carbonyl (C=O) groups is 1. The molecule has 1 aliphatic rings. The van der Waals surface area contributed by atoms with Crippen LogP contribution >= 0.6 is 0 Å². The summed E-state index contributed by atoms with van der Waals surface area (Å²) in [7, 11) is 0. The van der Waals surface area contributed by atoms with Crippen LogP contribution in [0.15, 0.2) is 12.5 Å². The van der Waals surface area contributed by atoms with Crippen LogP contribution in [0.25, 0.3) is 0 Å². The normalized spacial score (nSPS) is 18.7. The summed E-state index contributed by atoms with van der Waals surface area (Å²) in [6.07, 6.45) is 6.69. The summed E-state index contributed by atoms with van der Waals surface area (Å²) in [6, 6.07) is 0.408. The molecule has 1 aliphatic heterocycles. The van der Waals surface area contributed by atoms with Crippen molar-refractivity contribution < 1.29 is 4.79 Å². The molecule has 1 N–H and O–H groups in total. The molecule has 0 bridgehead atoms. The van der Waals surface area contributed by atoms with Crippen LogP contribution in [0.1, 0.15) is 44.8 Å². The molecule has 0 saturated carbocycles. The summed E-state index contributed by atoms with van der Waals surface area (Å²) < 4.78 is 2.12. The predicted molar refractivity (Wildman–Crippen MR) is 74.7 cm³/mol. The highest BCUT2D eigenvalue weighted by Crippen LogP contribution is 2.22. The molecule has 1 aromatic heterocycles. The number of rotatable bonds is 6. The van der Waals surface area contributed by atoms with Crippen LogP contribution in [0.3, 0.4) is 0 Å². The number of hydrogen-bond donors (Lipinski definition) is 1. The first-order valence-electron chi connectivity index (χ1n) is 7.27. The van der Waals surface area contributed by atoms with Gasteiger partial charge in [-0.05, 0) is 33.2 Å². The first-order valence-corrected chi connectivity index (χ1v) is 7.27. The van der Waals surface area contributed by atoms with E-state index in [1.807, 2.05) is 31.3 Å². The Bertz CT molecular complexity index is 405. The van der Waals surface area contributed by atoms with Crippen LogP contribution in [0, 0.1) is 0 Å². The Balaban J connectivity index is 1.92. The summed E-state index contributed by atoms with van der Waals surface area (Å²) in [6.45, 7) is 7.42. The Morgan fingerprint density at radius 1 is 1.53 bits per heavy atom. The number of nitrogens with one attached hydrogen (secondary N) is 1. The molecule has 2 rings (SSSR count). The fourth-order valence-electron chi connectivity index (χ4n) is 2.70. The third kappa shape index (κ3) is 3.35. The third-order valence-electron chi connectivity index (χ3n) is 3.84. The molecule has 0 aromatic carbocycles. The van der Waals surface area contributed by atoms with Gasteiger partial charge in [-0.2, -0.15) is 0 Å². The van der Waals surface area contributed by atoms with Crippen molar-refractivity contribution in [2.45, 2.75) is 45.7 Å². The van der Waals surface area contributed by atoms with Crippen molar-refractivity contribution in [3.05, 3.63) is 18.2 Å². The number of nitrogens with zero attached hydrogens (tertiary/aromatic N) is 3. The summed E-state index contributed by atoms with van der Waals surface area (Å²) in [4.78, 5) is 18.1. The van der Waals surface area contributed by atoms with Crippen LogP contribution < -0.4 is 5.32 Å². The summed E-state index contributed by atoms with van der Waals surface area (Å²) in [5.41, 5.74) is 1.21. The van der Waals surface area contributed by atoms with Gasteiger partial charge < -0.3 is 14.8 Å². The van der Waals surface area contributed by atoms with Crippen LogP contribution in [0.4, 0.5) is 0 Å². The third-order valence-corrected chi connectivity index (χ3v) is 3.84. The molecule has 0 radical (unpaired) electrons. The van der Waals surface area contributed by atoms with Crippen molar-refractivity contribution in [1.29, 1.82) is 0 Å². The molecule has 1 aromatic rings. The molecule has 1 amide bonds. The topological polar surface area (TPSA) is 50.2 Å². The van der Waals surface area contributed by atoms with E-state index in [0.717, 1.165) is 32.6 Å². The molecular weight excluding hydrogens is 240 g/mol. The molecule has 106 valence electrons. The lowest BCUT2D eigenvalue weighted by molar-refractivity contribution is -0.131. The van der Waals surface area contributed by atoms with E-state index in [4.69, 9.17) is 0 Å². The molecule has 5 nitrogen and oxygen atoms in total. The number of amides is 1. The van der Waals surface area contributed by atoms with Crippen LogP contribution in [0.2, 0.25) is 0 Å². The number of imidazole rings is 1. The molecule has 0 aliphatic carbocycles. The van der Waals surface area contributed by atoms with Gasteiger partial charge in [-0.25, -0.2) is 4.98 Å². The number of aryl methyl sites for hydroxylation is 1. The Kier molecular flexibility index (Phi) is 4.96. The van der Waals surface area contributed by atoms with Gasteiger partial charge in [0.05, 0.1) is 12.0 Å². The minimum atomic E-state index is 0.226. The van der Waals surface area contributed by atoms with Crippen LogP contribution in [-0.4, -0.2) is 40.0 Å². The second-order valence-electron chi connectivity index (χ2n) is 4.98. The van der Waals surface area contributed by atoms with Crippen molar-refractivity contribution in [3.63, 3.8) is 0 Å². The number of hydrogen-bond acceptors (Lipinski definition) is 3. The average Bonchev–Trinajstić information content (AvgIpc) is 3.08. The molecule has 1 fully saturated rings. The lowest BCUT2D eigenvalue weighted by atomic mass is 10.2. The SMILES string of the molecule is CCN(CC)C(=O)CCn1cncc1[C@@H]1CCCN1. The van der Waals surface area contributed by atoms with E-state index < -0.39 is 0 Å². The zero-order valence-electron chi connectivity index (χ0n) is 11.9. The minimum Gasteiger partial charge on any atom is -0.343 e. The van der Waals surface area contributed by atoms with Crippen molar-refractivity contribution >= 4 is 5.91 Å². The van der Waals surface area contributed by atoms with E-state index in [9.17, 15) is 4.79 Å². The van der Waals surface area contributed by atoms with E-state index in [0.29, 0.717) is 12.5 Å². The van der Waals surface area contributed by atoms with Gasteiger partial charge in [0.15, 0.2) is 0 Å². The maximum Gasteiger partial charge on any atom is 0.224 e. The highest BCUT2D eigenvalue weighted by atomic mass is 16.2. The lowest BCUT2D eigenvalue weighted by Crippen LogP contribution is -2.31. The molecule has 0 spiro atoms. The molecule has 19 heavy (non-hydrogen) atoms. The van der Waals surface area contributed by atoms with Gasteiger partial charge in [0, 0.05) is 38.3 Å². The van der Waals surface area contributed by atoms with Crippen molar-refractivity contribution in [2.75, 3.05) is 19.6 Å². The lowest BCUT2D eigenvalue weighted by Gasteiger charge is -2.19. The summed E-state index contributed by atoms with van der Waals surface area (Å²) >= 11 is 0. The highest BCUT2D eigenvalue weighted by Gasteiger charge is 2.20. The zero-order chi connectivity index (χ0) is 13.7. The van der Waals surface area contributed by atoms with Gasteiger partial charge in [0.25, 0.3) is 0 Å². The molecule has 5 heteroatoms. The van der Waals surface area contributed by atoms with Gasteiger partial charge in [-0.15, -0.1) is 0 Å². The maximum atomic E-state index is 12.0. The standard InChI is InChI=1S/C14H24N4O/c1-3-17(4-2)14(19)7-9-18-11-15-10-13(18)12-6-5-8-16-12/h10-12,16H,3-9H2,1-2H3/t12-/m0/s1. The Hall–Kier alpha value is -1.36. The first-order chi connectivity index (χ1) is 9.26. The predicted octanol–water partition coefficient (Wildman–Crippen LogP) is 1.57. The van der Waals surface area contributed by atoms with Crippen molar-refractivity contribution in [3.8, 4) is 0 Å². The fourth-order valence-corrected chi connectivity index (χ4v) is 2.70. The molecular formula is C14H24N4O. The molecule has 1 atom stereocenters. The largest absolute Gasteiger partial charge is 0.343 e. The van der Waals surface area contributed by atoms with Crippen molar-refractivity contribution in [1.82, 2.24) is 19.8 Å². The Morgan fingerprint density at radius 2 is 2.32 bits per heavy atom. The Morgan fingerprint density at radius 3 is 2.95 bits per heavy atom.